The molecule has 0 bridgehead atoms. The largest absolute Gasteiger partial charge is 0.340 e. The molecule has 92 valence electrons. The molecular weight excluding hydrogens is 202 g/mol. The molecule has 4 nitrogen and oxygen atoms in total. The summed E-state index contributed by atoms with van der Waals surface area (Å²) in [6, 6.07) is 0.239. The van der Waals surface area contributed by atoms with Gasteiger partial charge in [-0.25, -0.2) is 0 Å². The van der Waals surface area contributed by atoms with Crippen molar-refractivity contribution in [3.05, 3.63) is 0 Å². The van der Waals surface area contributed by atoms with E-state index < -0.39 is 0 Å². The minimum Gasteiger partial charge on any atom is -0.340 e. The first-order valence-corrected chi connectivity index (χ1v) is 6.47. The Labute approximate surface area is 97.8 Å². The van der Waals surface area contributed by atoms with Crippen LogP contribution in [0.1, 0.15) is 32.6 Å². The maximum Gasteiger partial charge on any atom is 0.239 e. The van der Waals surface area contributed by atoms with Gasteiger partial charge in [0.1, 0.15) is 0 Å². The summed E-state index contributed by atoms with van der Waals surface area (Å²) in [5, 5.41) is 0. The van der Waals surface area contributed by atoms with E-state index in [4.69, 9.17) is 5.73 Å². The van der Waals surface area contributed by atoms with E-state index in [2.05, 4.69) is 11.8 Å². The molecule has 0 aromatic heterocycles. The molecule has 0 aliphatic carbocycles. The second-order valence-corrected chi connectivity index (χ2v) is 5.13. The lowest BCUT2D eigenvalue weighted by Crippen LogP contribution is -2.46. The number of hydrogen-bond donors (Lipinski definition) is 1. The highest BCUT2D eigenvalue weighted by atomic mass is 16.2. The molecule has 0 aromatic rings. The molecule has 0 aromatic carbocycles. The summed E-state index contributed by atoms with van der Waals surface area (Å²) in [7, 11) is 0. The lowest BCUT2D eigenvalue weighted by molar-refractivity contribution is -0.129. The number of carbonyl (C=O) groups excluding carboxylic acids is 1. The highest BCUT2D eigenvalue weighted by Gasteiger charge is 2.30. The molecule has 16 heavy (non-hydrogen) atoms. The van der Waals surface area contributed by atoms with Gasteiger partial charge in [-0.05, 0) is 39.3 Å². The third-order valence-corrected chi connectivity index (χ3v) is 3.84. The number of nitrogens with zero attached hydrogens (tertiary/aromatic N) is 2. The van der Waals surface area contributed by atoms with Crippen LogP contribution in [0.15, 0.2) is 0 Å². The fourth-order valence-electron chi connectivity index (χ4n) is 2.74. The lowest BCUT2D eigenvalue weighted by Gasteiger charge is -2.34. The third-order valence-electron chi connectivity index (χ3n) is 3.84. The third kappa shape index (κ3) is 2.55. The summed E-state index contributed by atoms with van der Waals surface area (Å²) < 4.78 is 0. The van der Waals surface area contributed by atoms with Crippen molar-refractivity contribution in [1.29, 1.82) is 0 Å². The predicted octanol–water partition coefficient (Wildman–Crippen LogP) is 0.420. The Kier molecular flexibility index (Phi) is 3.82. The molecule has 2 fully saturated rings. The van der Waals surface area contributed by atoms with Gasteiger partial charge in [0.25, 0.3) is 0 Å². The Morgan fingerprint density at radius 1 is 1.31 bits per heavy atom. The van der Waals surface area contributed by atoms with Crippen molar-refractivity contribution in [2.75, 3.05) is 26.2 Å². The van der Waals surface area contributed by atoms with Crippen LogP contribution < -0.4 is 5.73 Å². The van der Waals surface area contributed by atoms with Gasteiger partial charge in [0.15, 0.2) is 0 Å². The number of piperidine rings is 1. The Morgan fingerprint density at radius 3 is 2.56 bits per heavy atom. The monoisotopic (exact) mass is 225 g/mol. The molecule has 2 aliphatic heterocycles. The topological polar surface area (TPSA) is 49.6 Å². The van der Waals surface area contributed by atoms with Crippen molar-refractivity contribution in [2.45, 2.75) is 44.7 Å². The van der Waals surface area contributed by atoms with Gasteiger partial charge in [-0.1, -0.05) is 6.42 Å². The number of amides is 1. The number of nitrogens with two attached hydrogens (primary N) is 1. The van der Waals surface area contributed by atoms with Crippen LogP contribution in [0.2, 0.25) is 0 Å². The summed E-state index contributed by atoms with van der Waals surface area (Å²) in [5.41, 5.74) is 5.72. The van der Waals surface area contributed by atoms with Crippen molar-refractivity contribution in [3.8, 4) is 0 Å². The molecule has 0 spiro atoms. The minimum atomic E-state index is -0.242. The number of rotatable bonds is 3. The molecule has 2 unspecified atom stereocenters. The quantitative estimate of drug-likeness (QED) is 0.757. The second kappa shape index (κ2) is 5.15. The summed E-state index contributed by atoms with van der Waals surface area (Å²) in [6.07, 6.45) is 4.79. The van der Waals surface area contributed by atoms with Crippen LogP contribution in [0.25, 0.3) is 0 Å². The van der Waals surface area contributed by atoms with Crippen LogP contribution in [0, 0.1) is 0 Å². The van der Waals surface area contributed by atoms with E-state index in [1.54, 1.807) is 0 Å². The van der Waals surface area contributed by atoms with E-state index >= 15 is 0 Å². The van der Waals surface area contributed by atoms with Crippen LogP contribution in [0.4, 0.5) is 0 Å². The van der Waals surface area contributed by atoms with E-state index in [1.807, 2.05) is 4.90 Å². The zero-order valence-electron chi connectivity index (χ0n) is 10.2. The van der Waals surface area contributed by atoms with Gasteiger partial charge >= 0.3 is 0 Å². The fraction of sp³-hybridized carbons (Fsp3) is 0.917. The van der Waals surface area contributed by atoms with E-state index in [0.717, 1.165) is 19.5 Å². The van der Waals surface area contributed by atoms with Gasteiger partial charge in [0.05, 0.1) is 6.04 Å². The first-order valence-electron chi connectivity index (χ1n) is 6.47. The molecule has 0 saturated carbocycles. The maximum atomic E-state index is 11.7. The van der Waals surface area contributed by atoms with Crippen LogP contribution in [-0.2, 0) is 4.79 Å². The Morgan fingerprint density at radius 2 is 2.00 bits per heavy atom. The number of likely N-dealkylation sites (tertiary alicyclic amines) is 2. The van der Waals surface area contributed by atoms with Gasteiger partial charge in [0.2, 0.25) is 5.91 Å². The molecule has 2 aliphatic rings. The SMILES string of the molecule is CC(CN1CCC(N)C1=O)N1CCCCC1. The molecular formula is C12H23N3O. The Hall–Kier alpha value is -0.610. The van der Waals surface area contributed by atoms with Gasteiger partial charge in [-0.3, -0.25) is 9.69 Å². The average Bonchev–Trinajstić information content (AvgIpc) is 2.62. The normalized spacial score (nSPS) is 29.8. The Bertz CT molecular complexity index is 251. The fourth-order valence-corrected chi connectivity index (χ4v) is 2.74. The second-order valence-electron chi connectivity index (χ2n) is 5.13. The summed E-state index contributed by atoms with van der Waals surface area (Å²) >= 11 is 0. The number of carbonyl (C=O) groups is 1. The first-order chi connectivity index (χ1) is 7.68. The zero-order chi connectivity index (χ0) is 11.5. The van der Waals surface area contributed by atoms with E-state index in [9.17, 15) is 4.79 Å². The summed E-state index contributed by atoms with van der Waals surface area (Å²) in [4.78, 5) is 16.1. The Balaban J connectivity index is 1.82. The molecule has 2 heterocycles. The molecule has 2 N–H and O–H groups in total. The van der Waals surface area contributed by atoms with Gasteiger partial charge < -0.3 is 10.6 Å². The highest BCUT2D eigenvalue weighted by molar-refractivity contribution is 5.83. The molecule has 4 heteroatoms. The molecule has 2 atom stereocenters. The first kappa shape index (κ1) is 11.9. The lowest BCUT2D eigenvalue weighted by atomic mass is 10.1. The molecule has 2 rings (SSSR count). The predicted molar refractivity (Wildman–Crippen MR) is 64.1 cm³/mol. The van der Waals surface area contributed by atoms with Gasteiger partial charge in [0, 0.05) is 19.1 Å². The van der Waals surface area contributed by atoms with Gasteiger partial charge in [-0.15, -0.1) is 0 Å². The van der Waals surface area contributed by atoms with Crippen molar-refractivity contribution in [2.24, 2.45) is 5.73 Å². The molecule has 0 radical (unpaired) electrons. The molecule has 2 saturated heterocycles. The number of hydrogen-bond acceptors (Lipinski definition) is 3. The van der Waals surface area contributed by atoms with Crippen molar-refractivity contribution < 1.29 is 4.79 Å². The van der Waals surface area contributed by atoms with Crippen LogP contribution in [0.3, 0.4) is 0 Å². The van der Waals surface area contributed by atoms with E-state index in [-0.39, 0.29) is 11.9 Å². The standard InChI is InChI=1S/C12H23N3O/c1-10(14-6-3-2-4-7-14)9-15-8-5-11(13)12(15)16/h10-11H,2-9,13H2,1H3. The van der Waals surface area contributed by atoms with Crippen LogP contribution in [-0.4, -0.2) is 54.0 Å². The maximum absolute atomic E-state index is 11.7. The van der Waals surface area contributed by atoms with Crippen molar-refractivity contribution in [3.63, 3.8) is 0 Å². The molecule has 1 amide bonds. The van der Waals surface area contributed by atoms with Crippen LogP contribution >= 0.6 is 0 Å². The zero-order valence-corrected chi connectivity index (χ0v) is 10.2. The highest BCUT2D eigenvalue weighted by Crippen LogP contribution is 2.15. The smallest absolute Gasteiger partial charge is 0.239 e. The van der Waals surface area contributed by atoms with Crippen LogP contribution in [0.5, 0.6) is 0 Å². The van der Waals surface area contributed by atoms with Crippen molar-refractivity contribution in [1.82, 2.24) is 9.80 Å². The summed E-state index contributed by atoms with van der Waals surface area (Å²) in [5.74, 6) is 0.142. The summed E-state index contributed by atoms with van der Waals surface area (Å²) in [6.45, 7) is 6.30. The van der Waals surface area contributed by atoms with Crippen molar-refractivity contribution >= 4 is 5.91 Å². The van der Waals surface area contributed by atoms with E-state index in [0.29, 0.717) is 6.04 Å². The minimum absolute atomic E-state index is 0.142. The average molecular weight is 225 g/mol. The van der Waals surface area contributed by atoms with Gasteiger partial charge in [-0.2, -0.15) is 0 Å². The van der Waals surface area contributed by atoms with E-state index in [1.165, 1.54) is 32.4 Å².